The summed E-state index contributed by atoms with van der Waals surface area (Å²) < 4.78 is 0. The van der Waals surface area contributed by atoms with Gasteiger partial charge in [0.25, 0.3) is 5.91 Å². The average molecular weight is 289 g/mol. The van der Waals surface area contributed by atoms with Gasteiger partial charge in [0.1, 0.15) is 0 Å². The Morgan fingerprint density at radius 2 is 2.20 bits per heavy atom. The molecule has 2 aromatic rings. The van der Waals surface area contributed by atoms with Gasteiger partial charge < -0.3 is 10.6 Å². The van der Waals surface area contributed by atoms with Crippen molar-refractivity contribution in [2.75, 3.05) is 13.6 Å². The third-order valence-corrected chi connectivity index (χ3v) is 3.89. The van der Waals surface area contributed by atoms with E-state index in [2.05, 4.69) is 21.0 Å². The van der Waals surface area contributed by atoms with Gasteiger partial charge in [0.05, 0.1) is 17.0 Å². The number of rotatable bonds is 5. The Balaban J connectivity index is 2.11. The van der Waals surface area contributed by atoms with Crippen LogP contribution in [0.5, 0.6) is 0 Å². The van der Waals surface area contributed by atoms with E-state index in [0.29, 0.717) is 12.1 Å². The molecule has 2 rings (SSSR count). The standard InChI is InChI=1S/C15H19N3OS/c1-10(16-3)8-17-15(19)13-4-5-14(18-11(13)2)12-6-7-20-9-12/h4-7,9-10,16H,8H2,1-3H3,(H,17,19). The minimum absolute atomic E-state index is 0.0750. The molecule has 0 radical (unpaired) electrons. The first-order valence-electron chi connectivity index (χ1n) is 6.57. The van der Waals surface area contributed by atoms with Gasteiger partial charge in [-0.3, -0.25) is 9.78 Å². The second kappa shape index (κ2) is 6.63. The summed E-state index contributed by atoms with van der Waals surface area (Å²) in [5.74, 6) is -0.0750. The van der Waals surface area contributed by atoms with Crippen molar-refractivity contribution in [2.24, 2.45) is 0 Å². The van der Waals surface area contributed by atoms with Crippen LogP contribution in [0.25, 0.3) is 11.3 Å². The van der Waals surface area contributed by atoms with Crippen LogP contribution in [-0.2, 0) is 0 Å². The average Bonchev–Trinajstić information content (AvgIpc) is 2.98. The predicted octanol–water partition coefficient (Wildman–Crippen LogP) is 2.46. The molecule has 1 unspecified atom stereocenters. The molecular weight excluding hydrogens is 270 g/mol. The second-order valence-electron chi connectivity index (χ2n) is 4.74. The Hall–Kier alpha value is -1.72. The maximum atomic E-state index is 12.1. The smallest absolute Gasteiger partial charge is 0.253 e. The summed E-state index contributed by atoms with van der Waals surface area (Å²) >= 11 is 1.64. The van der Waals surface area contributed by atoms with Crippen molar-refractivity contribution in [1.29, 1.82) is 0 Å². The predicted molar refractivity (Wildman–Crippen MR) is 83.1 cm³/mol. The van der Waals surface area contributed by atoms with Gasteiger partial charge in [-0.25, -0.2) is 0 Å². The Morgan fingerprint density at radius 1 is 1.40 bits per heavy atom. The zero-order valence-electron chi connectivity index (χ0n) is 11.9. The highest BCUT2D eigenvalue weighted by molar-refractivity contribution is 7.08. The maximum absolute atomic E-state index is 12.1. The molecule has 4 nitrogen and oxygen atoms in total. The molecule has 1 atom stereocenters. The fourth-order valence-corrected chi connectivity index (χ4v) is 2.46. The van der Waals surface area contributed by atoms with E-state index in [9.17, 15) is 4.79 Å². The Morgan fingerprint density at radius 3 is 2.80 bits per heavy atom. The zero-order chi connectivity index (χ0) is 14.5. The first kappa shape index (κ1) is 14.7. The van der Waals surface area contributed by atoms with Crippen molar-refractivity contribution in [3.8, 4) is 11.3 Å². The minimum atomic E-state index is -0.0750. The lowest BCUT2D eigenvalue weighted by Crippen LogP contribution is -2.37. The van der Waals surface area contributed by atoms with Gasteiger partial charge in [-0.05, 0) is 44.5 Å². The Labute approximate surface area is 123 Å². The van der Waals surface area contributed by atoms with Crippen LogP contribution < -0.4 is 10.6 Å². The zero-order valence-corrected chi connectivity index (χ0v) is 12.8. The normalized spacial score (nSPS) is 12.2. The van der Waals surface area contributed by atoms with E-state index in [1.807, 2.05) is 44.5 Å². The molecule has 2 heterocycles. The lowest BCUT2D eigenvalue weighted by Gasteiger charge is -2.12. The van der Waals surface area contributed by atoms with Gasteiger partial charge in [0.2, 0.25) is 0 Å². The summed E-state index contributed by atoms with van der Waals surface area (Å²) in [5, 5.41) is 10.1. The van der Waals surface area contributed by atoms with Crippen molar-refractivity contribution in [2.45, 2.75) is 19.9 Å². The van der Waals surface area contributed by atoms with Crippen LogP contribution >= 0.6 is 11.3 Å². The number of carbonyl (C=O) groups is 1. The van der Waals surface area contributed by atoms with E-state index in [4.69, 9.17) is 0 Å². The molecule has 5 heteroatoms. The van der Waals surface area contributed by atoms with Gasteiger partial charge in [-0.1, -0.05) is 0 Å². The van der Waals surface area contributed by atoms with Crippen LogP contribution in [0.1, 0.15) is 23.0 Å². The molecule has 0 saturated heterocycles. The molecule has 0 saturated carbocycles. The van der Waals surface area contributed by atoms with E-state index < -0.39 is 0 Å². The second-order valence-corrected chi connectivity index (χ2v) is 5.52. The molecule has 0 aliphatic heterocycles. The number of hydrogen-bond donors (Lipinski definition) is 2. The summed E-state index contributed by atoms with van der Waals surface area (Å²) in [7, 11) is 1.87. The summed E-state index contributed by atoms with van der Waals surface area (Å²) in [4.78, 5) is 16.6. The van der Waals surface area contributed by atoms with Crippen molar-refractivity contribution >= 4 is 17.2 Å². The molecular formula is C15H19N3OS. The fraction of sp³-hybridized carbons (Fsp3) is 0.333. The highest BCUT2D eigenvalue weighted by atomic mass is 32.1. The van der Waals surface area contributed by atoms with Crippen LogP contribution in [-0.4, -0.2) is 30.5 Å². The molecule has 20 heavy (non-hydrogen) atoms. The summed E-state index contributed by atoms with van der Waals surface area (Å²) in [5.41, 5.74) is 3.38. The van der Waals surface area contributed by atoms with Gasteiger partial charge in [-0.15, -0.1) is 0 Å². The molecule has 106 valence electrons. The lowest BCUT2D eigenvalue weighted by molar-refractivity contribution is 0.0949. The number of carbonyl (C=O) groups excluding carboxylic acids is 1. The number of nitrogens with one attached hydrogen (secondary N) is 2. The maximum Gasteiger partial charge on any atom is 0.253 e. The number of amides is 1. The SMILES string of the molecule is CNC(C)CNC(=O)c1ccc(-c2ccsc2)nc1C. The highest BCUT2D eigenvalue weighted by Gasteiger charge is 2.12. The number of hydrogen-bond acceptors (Lipinski definition) is 4. The summed E-state index contributed by atoms with van der Waals surface area (Å²) in [6.07, 6.45) is 0. The van der Waals surface area contributed by atoms with E-state index >= 15 is 0 Å². The number of nitrogens with zero attached hydrogens (tertiary/aromatic N) is 1. The summed E-state index contributed by atoms with van der Waals surface area (Å²) in [6.45, 7) is 4.48. The first-order valence-corrected chi connectivity index (χ1v) is 7.51. The first-order chi connectivity index (χ1) is 9.61. The Bertz CT molecular complexity index is 581. The molecule has 0 spiro atoms. The molecule has 0 aliphatic carbocycles. The van der Waals surface area contributed by atoms with E-state index in [-0.39, 0.29) is 11.9 Å². The largest absolute Gasteiger partial charge is 0.350 e. The van der Waals surface area contributed by atoms with E-state index in [0.717, 1.165) is 17.0 Å². The van der Waals surface area contributed by atoms with Gasteiger partial charge in [0, 0.05) is 23.5 Å². The number of aromatic nitrogens is 1. The molecule has 0 aliphatic rings. The van der Waals surface area contributed by atoms with Gasteiger partial charge >= 0.3 is 0 Å². The van der Waals surface area contributed by atoms with Crippen LogP contribution in [0.2, 0.25) is 0 Å². The van der Waals surface area contributed by atoms with E-state index in [1.54, 1.807) is 11.3 Å². The lowest BCUT2D eigenvalue weighted by atomic mass is 10.1. The third kappa shape index (κ3) is 3.43. The van der Waals surface area contributed by atoms with Crippen molar-refractivity contribution in [3.63, 3.8) is 0 Å². The molecule has 0 aromatic carbocycles. The molecule has 0 bridgehead atoms. The van der Waals surface area contributed by atoms with Crippen LogP contribution in [0.4, 0.5) is 0 Å². The molecule has 0 fully saturated rings. The molecule has 2 N–H and O–H groups in total. The molecule has 1 amide bonds. The Kier molecular flexibility index (Phi) is 4.87. The highest BCUT2D eigenvalue weighted by Crippen LogP contribution is 2.21. The molecule has 2 aromatic heterocycles. The van der Waals surface area contributed by atoms with Crippen LogP contribution in [0, 0.1) is 6.92 Å². The quantitative estimate of drug-likeness (QED) is 0.889. The van der Waals surface area contributed by atoms with Crippen LogP contribution in [0.15, 0.2) is 29.0 Å². The van der Waals surface area contributed by atoms with Crippen molar-refractivity contribution in [1.82, 2.24) is 15.6 Å². The number of pyridine rings is 1. The summed E-state index contributed by atoms with van der Waals surface area (Å²) in [6, 6.07) is 6.01. The van der Waals surface area contributed by atoms with Gasteiger partial charge in [-0.2, -0.15) is 11.3 Å². The van der Waals surface area contributed by atoms with Crippen molar-refractivity contribution < 1.29 is 4.79 Å². The number of thiophene rings is 1. The van der Waals surface area contributed by atoms with Crippen LogP contribution in [0.3, 0.4) is 0 Å². The number of aryl methyl sites for hydroxylation is 1. The third-order valence-electron chi connectivity index (χ3n) is 3.21. The fourth-order valence-electron chi connectivity index (χ4n) is 1.82. The number of likely N-dealkylation sites (N-methyl/N-ethyl adjacent to an activating group) is 1. The van der Waals surface area contributed by atoms with E-state index in [1.165, 1.54) is 0 Å². The van der Waals surface area contributed by atoms with Crippen molar-refractivity contribution in [3.05, 3.63) is 40.2 Å². The van der Waals surface area contributed by atoms with Gasteiger partial charge in [0.15, 0.2) is 0 Å². The monoisotopic (exact) mass is 289 g/mol. The topological polar surface area (TPSA) is 54.0 Å². The minimum Gasteiger partial charge on any atom is -0.350 e.